The molecule has 0 aliphatic carbocycles. The second-order valence-electron chi connectivity index (χ2n) is 5.23. The third-order valence-electron chi connectivity index (χ3n) is 3.86. The van der Waals surface area contributed by atoms with Gasteiger partial charge in [0, 0.05) is 24.2 Å². The van der Waals surface area contributed by atoms with Crippen LogP contribution in [0, 0.1) is 0 Å². The van der Waals surface area contributed by atoms with Gasteiger partial charge in [-0.05, 0) is 43.5 Å². The van der Waals surface area contributed by atoms with Crippen LogP contribution in [0.4, 0.5) is 5.69 Å². The Morgan fingerprint density at radius 3 is 2.71 bits per heavy atom. The van der Waals surface area contributed by atoms with E-state index in [1.807, 2.05) is 12.1 Å². The molecule has 0 saturated carbocycles. The van der Waals surface area contributed by atoms with Crippen molar-refractivity contribution in [3.05, 3.63) is 35.0 Å². The van der Waals surface area contributed by atoms with E-state index in [1.54, 1.807) is 6.07 Å². The van der Waals surface area contributed by atoms with Gasteiger partial charge < -0.3 is 9.64 Å². The van der Waals surface area contributed by atoms with E-state index in [0.29, 0.717) is 10.5 Å². The summed E-state index contributed by atoms with van der Waals surface area (Å²) in [5.74, 6) is -0.473. The molecule has 0 N–H and O–H groups in total. The van der Waals surface area contributed by atoms with E-state index < -0.39 is 5.97 Å². The molecular weight excluding hydrogens is 288 g/mol. The first-order chi connectivity index (χ1) is 10.2. The van der Waals surface area contributed by atoms with Gasteiger partial charge in [-0.1, -0.05) is 11.6 Å². The number of nitrogens with zero attached hydrogens (tertiary/aromatic N) is 2. The number of piperidine rings is 1. The van der Waals surface area contributed by atoms with Gasteiger partial charge >= 0.3 is 5.97 Å². The maximum atomic E-state index is 11.6. The number of hydrogen-bond donors (Lipinski definition) is 0. The fraction of sp³-hybridized carbons (Fsp3) is 0.375. The van der Waals surface area contributed by atoms with Crippen molar-refractivity contribution in [2.45, 2.75) is 19.3 Å². The van der Waals surface area contributed by atoms with Gasteiger partial charge in [0.15, 0.2) is 5.69 Å². The van der Waals surface area contributed by atoms with Crippen LogP contribution in [-0.2, 0) is 4.74 Å². The third kappa shape index (κ3) is 2.81. The van der Waals surface area contributed by atoms with Crippen molar-refractivity contribution in [2.24, 2.45) is 0 Å². The first-order valence-corrected chi connectivity index (χ1v) is 7.50. The van der Waals surface area contributed by atoms with Crippen molar-refractivity contribution < 1.29 is 9.53 Å². The summed E-state index contributed by atoms with van der Waals surface area (Å²) >= 11 is 6.31. The number of aromatic nitrogens is 1. The molecule has 2 heterocycles. The molecule has 1 aliphatic rings. The Balaban J connectivity index is 2.01. The summed E-state index contributed by atoms with van der Waals surface area (Å²) in [5.41, 5.74) is 2.11. The number of anilines is 1. The lowest BCUT2D eigenvalue weighted by atomic mass is 10.1. The monoisotopic (exact) mass is 304 g/mol. The molecule has 0 spiro atoms. The highest BCUT2D eigenvalue weighted by Gasteiger charge is 2.15. The molecule has 0 bridgehead atoms. The standard InChI is InChI=1S/C16H17ClN2O2/c1-21-16(20)15-10-13(17)12-9-11(5-6-14(12)18-15)19-7-3-2-4-8-19/h5-6,9-10H,2-4,7-8H2,1H3. The molecule has 5 heteroatoms. The maximum absolute atomic E-state index is 11.6. The Morgan fingerprint density at radius 1 is 1.24 bits per heavy atom. The molecule has 0 amide bonds. The van der Waals surface area contributed by atoms with Gasteiger partial charge in [-0.15, -0.1) is 0 Å². The third-order valence-corrected chi connectivity index (χ3v) is 4.17. The molecule has 1 aromatic carbocycles. The molecule has 1 aromatic heterocycles. The largest absolute Gasteiger partial charge is 0.464 e. The van der Waals surface area contributed by atoms with Gasteiger partial charge in [-0.3, -0.25) is 0 Å². The Morgan fingerprint density at radius 2 is 2.00 bits per heavy atom. The van der Waals surface area contributed by atoms with Crippen molar-refractivity contribution in [1.29, 1.82) is 0 Å². The first-order valence-electron chi connectivity index (χ1n) is 7.12. The number of fused-ring (bicyclic) bond motifs is 1. The number of benzene rings is 1. The number of hydrogen-bond acceptors (Lipinski definition) is 4. The second kappa shape index (κ2) is 5.90. The number of pyridine rings is 1. The minimum absolute atomic E-state index is 0.237. The SMILES string of the molecule is COC(=O)c1cc(Cl)c2cc(N3CCCCC3)ccc2n1. The molecule has 4 nitrogen and oxygen atoms in total. The van der Waals surface area contributed by atoms with Crippen LogP contribution in [0.3, 0.4) is 0 Å². The van der Waals surface area contributed by atoms with E-state index in [0.717, 1.165) is 24.2 Å². The highest BCUT2D eigenvalue weighted by atomic mass is 35.5. The van der Waals surface area contributed by atoms with E-state index in [2.05, 4.69) is 16.0 Å². The lowest BCUT2D eigenvalue weighted by molar-refractivity contribution is 0.0594. The van der Waals surface area contributed by atoms with Gasteiger partial charge in [0.25, 0.3) is 0 Å². The van der Waals surface area contributed by atoms with Crippen LogP contribution < -0.4 is 4.90 Å². The number of methoxy groups -OCH3 is 1. The van der Waals surface area contributed by atoms with Crippen molar-refractivity contribution in [3.63, 3.8) is 0 Å². The Bertz CT molecular complexity index is 681. The number of halogens is 1. The van der Waals surface area contributed by atoms with Crippen LogP contribution in [-0.4, -0.2) is 31.2 Å². The summed E-state index contributed by atoms with van der Waals surface area (Å²) < 4.78 is 4.69. The van der Waals surface area contributed by atoms with Crippen LogP contribution in [0.15, 0.2) is 24.3 Å². The number of esters is 1. The smallest absolute Gasteiger partial charge is 0.356 e. The number of carbonyl (C=O) groups is 1. The minimum atomic E-state index is -0.473. The summed E-state index contributed by atoms with van der Waals surface area (Å²) in [6.07, 6.45) is 3.76. The molecule has 1 saturated heterocycles. The molecular formula is C16H17ClN2O2. The molecule has 1 fully saturated rings. The van der Waals surface area contributed by atoms with Crippen LogP contribution in [0.1, 0.15) is 29.8 Å². The maximum Gasteiger partial charge on any atom is 0.356 e. The average molecular weight is 305 g/mol. The molecule has 0 radical (unpaired) electrons. The number of carbonyl (C=O) groups excluding carboxylic acids is 1. The van der Waals surface area contributed by atoms with Crippen LogP contribution >= 0.6 is 11.6 Å². The van der Waals surface area contributed by atoms with Crippen molar-refractivity contribution >= 4 is 34.2 Å². The van der Waals surface area contributed by atoms with E-state index >= 15 is 0 Å². The fourth-order valence-corrected chi connectivity index (χ4v) is 2.99. The van der Waals surface area contributed by atoms with Crippen LogP contribution in [0.5, 0.6) is 0 Å². The van der Waals surface area contributed by atoms with E-state index in [4.69, 9.17) is 16.3 Å². The van der Waals surface area contributed by atoms with Crippen LogP contribution in [0.2, 0.25) is 5.02 Å². The molecule has 21 heavy (non-hydrogen) atoms. The predicted molar refractivity (Wildman–Crippen MR) is 84.2 cm³/mol. The van der Waals surface area contributed by atoms with Crippen molar-refractivity contribution in [2.75, 3.05) is 25.1 Å². The second-order valence-corrected chi connectivity index (χ2v) is 5.64. The molecule has 0 unspecified atom stereocenters. The molecule has 0 atom stereocenters. The zero-order valence-corrected chi connectivity index (χ0v) is 12.7. The van der Waals surface area contributed by atoms with E-state index in [-0.39, 0.29) is 5.69 Å². The number of ether oxygens (including phenoxy) is 1. The van der Waals surface area contributed by atoms with E-state index in [1.165, 1.54) is 26.4 Å². The molecule has 110 valence electrons. The highest BCUT2D eigenvalue weighted by molar-refractivity contribution is 6.35. The lowest BCUT2D eigenvalue weighted by Gasteiger charge is -2.29. The molecule has 1 aliphatic heterocycles. The summed E-state index contributed by atoms with van der Waals surface area (Å²) in [7, 11) is 1.33. The summed E-state index contributed by atoms with van der Waals surface area (Å²) in [5, 5.41) is 1.40. The topological polar surface area (TPSA) is 42.4 Å². The minimum Gasteiger partial charge on any atom is -0.464 e. The lowest BCUT2D eigenvalue weighted by Crippen LogP contribution is -2.29. The first kappa shape index (κ1) is 14.1. The summed E-state index contributed by atoms with van der Waals surface area (Å²) in [6, 6.07) is 7.57. The predicted octanol–water partition coefficient (Wildman–Crippen LogP) is 3.67. The van der Waals surface area contributed by atoms with Gasteiger partial charge in [0.1, 0.15) is 0 Å². The Kier molecular flexibility index (Phi) is 3.97. The zero-order valence-electron chi connectivity index (χ0n) is 11.9. The Hall–Kier alpha value is -1.81. The summed E-state index contributed by atoms with van der Waals surface area (Å²) in [6.45, 7) is 2.16. The number of rotatable bonds is 2. The van der Waals surface area contributed by atoms with Gasteiger partial charge in [0.2, 0.25) is 0 Å². The van der Waals surface area contributed by atoms with Gasteiger partial charge in [0.05, 0.1) is 17.6 Å². The molecule has 2 aromatic rings. The van der Waals surface area contributed by atoms with E-state index in [9.17, 15) is 4.79 Å². The highest BCUT2D eigenvalue weighted by Crippen LogP contribution is 2.29. The van der Waals surface area contributed by atoms with Crippen molar-refractivity contribution in [1.82, 2.24) is 4.98 Å². The normalized spacial score (nSPS) is 15.2. The van der Waals surface area contributed by atoms with Gasteiger partial charge in [-0.25, -0.2) is 9.78 Å². The quantitative estimate of drug-likeness (QED) is 0.794. The fourth-order valence-electron chi connectivity index (χ4n) is 2.73. The molecule has 3 rings (SSSR count). The Labute approximate surface area is 128 Å². The van der Waals surface area contributed by atoms with Gasteiger partial charge in [-0.2, -0.15) is 0 Å². The summed E-state index contributed by atoms with van der Waals surface area (Å²) in [4.78, 5) is 18.3. The van der Waals surface area contributed by atoms with Crippen LogP contribution in [0.25, 0.3) is 10.9 Å². The average Bonchev–Trinajstić information content (AvgIpc) is 2.54. The zero-order chi connectivity index (χ0) is 14.8. The van der Waals surface area contributed by atoms with Crippen molar-refractivity contribution in [3.8, 4) is 0 Å².